The third-order valence-corrected chi connectivity index (χ3v) is 4.43. The van der Waals surface area contributed by atoms with Crippen LogP contribution in [0.2, 0.25) is 0 Å². The molecule has 0 radical (unpaired) electrons. The van der Waals surface area contributed by atoms with E-state index in [1.807, 2.05) is 12.1 Å². The van der Waals surface area contributed by atoms with Gasteiger partial charge in [0.05, 0.1) is 6.54 Å². The summed E-state index contributed by atoms with van der Waals surface area (Å²) in [6, 6.07) is 11.6. The summed E-state index contributed by atoms with van der Waals surface area (Å²) < 4.78 is 2.80. The quantitative estimate of drug-likeness (QED) is 0.705. The fraction of sp³-hybridized carbons (Fsp3) is 0.278. The minimum Gasteiger partial charge on any atom is -0.352 e. The smallest absolute Gasteiger partial charge is 0.350 e. The molecular weight excluding hydrogens is 354 g/mol. The number of carbonyl (C=O) groups is 1. The highest BCUT2D eigenvalue weighted by Crippen LogP contribution is 2.16. The van der Waals surface area contributed by atoms with E-state index in [9.17, 15) is 9.59 Å². The molecule has 1 amide bonds. The van der Waals surface area contributed by atoms with Crippen molar-refractivity contribution in [2.24, 2.45) is 0 Å². The van der Waals surface area contributed by atoms with E-state index in [1.165, 1.54) is 20.2 Å². The average Bonchev–Trinajstić information content (AvgIpc) is 3.22. The standard InChI is InChI=1S/C18H19N5O2.ClH/c24-17(20-10-13-4-5-14-11-19-12-15(14)9-13)6-8-23-18(25)22-7-2-1-3-16(22)21-23;/h1-5,7,9,19H,6,8,10-12H2,(H,20,24);1H. The summed E-state index contributed by atoms with van der Waals surface area (Å²) in [7, 11) is 0. The number of nitrogens with one attached hydrogen (secondary N) is 2. The van der Waals surface area contributed by atoms with Crippen molar-refractivity contribution in [3.8, 4) is 0 Å². The van der Waals surface area contributed by atoms with Crippen LogP contribution in [0, 0.1) is 0 Å². The molecule has 1 aliphatic rings. The number of rotatable bonds is 5. The number of aromatic nitrogens is 3. The number of aryl methyl sites for hydroxylation is 1. The van der Waals surface area contributed by atoms with Gasteiger partial charge in [0.15, 0.2) is 5.65 Å². The van der Waals surface area contributed by atoms with Crippen molar-refractivity contribution in [1.29, 1.82) is 0 Å². The molecule has 2 aromatic heterocycles. The van der Waals surface area contributed by atoms with E-state index in [0.29, 0.717) is 12.2 Å². The molecule has 136 valence electrons. The Balaban J connectivity index is 0.00000196. The monoisotopic (exact) mass is 373 g/mol. The van der Waals surface area contributed by atoms with Crippen LogP contribution in [0.15, 0.2) is 47.4 Å². The highest BCUT2D eigenvalue weighted by atomic mass is 35.5. The molecular formula is C18H20ClN5O2. The number of carbonyl (C=O) groups excluding carboxylic acids is 1. The predicted octanol–water partition coefficient (Wildman–Crippen LogP) is 1.23. The molecule has 3 heterocycles. The first kappa shape index (κ1) is 18.2. The molecule has 0 atom stereocenters. The van der Waals surface area contributed by atoms with Gasteiger partial charge in [-0.15, -0.1) is 17.5 Å². The molecule has 7 nitrogen and oxygen atoms in total. The Bertz CT molecular complexity index is 995. The lowest BCUT2D eigenvalue weighted by molar-refractivity contribution is -0.121. The topological polar surface area (TPSA) is 80.4 Å². The van der Waals surface area contributed by atoms with Crippen LogP contribution in [-0.2, 0) is 31.0 Å². The molecule has 4 rings (SSSR count). The molecule has 0 unspecified atom stereocenters. The Hall–Kier alpha value is -2.64. The summed E-state index contributed by atoms with van der Waals surface area (Å²) in [4.78, 5) is 24.2. The van der Waals surface area contributed by atoms with Gasteiger partial charge in [-0.2, -0.15) is 0 Å². The van der Waals surface area contributed by atoms with E-state index in [0.717, 1.165) is 18.7 Å². The van der Waals surface area contributed by atoms with Crippen molar-refractivity contribution in [2.75, 3.05) is 0 Å². The van der Waals surface area contributed by atoms with Crippen LogP contribution < -0.4 is 16.3 Å². The summed E-state index contributed by atoms with van der Waals surface area (Å²) in [5.41, 5.74) is 4.05. The molecule has 0 saturated carbocycles. The summed E-state index contributed by atoms with van der Waals surface area (Å²) >= 11 is 0. The van der Waals surface area contributed by atoms with Crippen LogP contribution in [0.3, 0.4) is 0 Å². The zero-order valence-corrected chi connectivity index (χ0v) is 15.0. The summed E-state index contributed by atoms with van der Waals surface area (Å²) in [6.07, 6.45) is 1.89. The molecule has 0 spiro atoms. The molecule has 0 saturated heterocycles. The fourth-order valence-corrected chi connectivity index (χ4v) is 3.07. The van der Waals surface area contributed by atoms with Crippen LogP contribution in [0.1, 0.15) is 23.1 Å². The molecule has 0 bridgehead atoms. The van der Waals surface area contributed by atoms with Gasteiger partial charge in [0.25, 0.3) is 0 Å². The zero-order chi connectivity index (χ0) is 17.2. The van der Waals surface area contributed by atoms with Gasteiger partial charge in [0.1, 0.15) is 0 Å². The summed E-state index contributed by atoms with van der Waals surface area (Å²) in [5, 5.41) is 10.4. The minimum atomic E-state index is -0.227. The van der Waals surface area contributed by atoms with Gasteiger partial charge in [-0.1, -0.05) is 24.3 Å². The van der Waals surface area contributed by atoms with Crippen molar-refractivity contribution in [3.05, 3.63) is 69.8 Å². The number of hydrogen-bond donors (Lipinski definition) is 2. The number of hydrogen-bond acceptors (Lipinski definition) is 4. The maximum atomic E-state index is 12.2. The molecule has 1 aromatic carbocycles. The van der Waals surface area contributed by atoms with E-state index in [2.05, 4.69) is 27.9 Å². The van der Waals surface area contributed by atoms with Gasteiger partial charge >= 0.3 is 5.69 Å². The van der Waals surface area contributed by atoms with Crippen LogP contribution in [-0.4, -0.2) is 20.1 Å². The maximum absolute atomic E-state index is 12.2. The number of amides is 1. The minimum absolute atomic E-state index is 0. The Kier molecular flexibility index (Phi) is 5.39. The first-order valence-corrected chi connectivity index (χ1v) is 8.33. The van der Waals surface area contributed by atoms with Crippen LogP contribution in [0.4, 0.5) is 0 Å². The third-order valence-electron chi connectivity index (χ3n) is 4.43. The maximum Gasteiger partial charge on any atom is 0.350 e. The van der Waals surface area contributed by atoms with Gasteiger partial charge in [0, 0.05) is 32.3 Å². The summed E-state index contributed by atoms with van der Waals surface area (Å²) in [6.45, 7) is 2.55. The molecule has 0 aliphatic carbocycles. The molecule has 8 heteroatoms. The van der Waals surface area contributed by atoms with Crippen molar-refractivity contribution in [2.45, 2.75) is 32.6 Å². The highest BCUT2D eigenvalue weighted by molar-refractivity contribution is 5.85. The van der Waals surface area contributed by atoms with Crippen LogP contribution >= 0.6 is 12.4 Å². The van der Waals surface area contributed by atoms with Crippen LogP contribution in [0.5, 0.6) is 0 Å². The van der Waals surface area contributed by atoms with E-state index < -0.39 is 0 Å². The molecule has 3 aromatic rings. The second kappa shape index (κ2) is 7.72. The second-order valence-electron chi connectivity index (χ2n) is 6.17. The normalized spacial score (nSPS) is 12.6. The van der Waals surface area contributed by atoms with E-state index in [1.54, 1.807) is 18.3 Å². The average molecular weight is 374 g/mol. The van der Waals surface area contributed by atoms with Crippen molar-refractivity contribution >= 4 is 24.0 Å². The van der Waals surface area contributed by atoms with E-state index >= 15 is 0 Å². The zero-order valence-electron chi connectivity index (χ0n) is 14.1. The van der Waals surface area contributed by atoms with Gasteiger partial charge in [-0.05, 0) is 28.8 Å². The lowest BCUT2D eigenvalue weighted by atomic mass is 10.1. The Labute approximate surface area is 156 Å². The Morgan fingerprint density at radius 1 is 1.19 bits per heavy atom. The van der Waals surface area contributed by atoms with Crippen LogP contribution in [0.25, 0.3) is 5.65 Å². The van der Waals surface area contributed by atoms with Gasteiger partial charge in [-0.25, -0.2) is 9.48 Å². The second-order valence-corrected chi connectivity index (χ2v) is 6.17. The number of pyridine rings is 1. The lowest BCUT2D eigenvalue weighted by Crippen LogP contribution is -2.27. The highest BCUT2D eigenvalue weighted by Gasteiger charge is 2.11. The van der Waals surface area contributed by atoms with Crippen molar-refractivity contribution in [3.63, 3.8) is 0 Å². The number of fused-ring (bicyclic) bond motifs is 2. The third kappa shape index (κ3) is 3.63. The fourth-order valence-electron chi connectivity index (χ4n) is 3.07. The predicted molar refractivity (Wildman–Crippen MR) is 100 cm³/mol. The molecule has 2 N–H and O–H groups in total. The largest absolute Gasteiger partial charge is 0.352 e. The van der Waals surface area contributed by atoms with E-state index in [4.69, 9.17) is 0 Å². The van der Waals surface area contributed by atoms with Gasteiger partial charge in [0.2, 0.25) is 5.91 Å². The number of nitrogens with zero attached hydrogens (tertiary/aromatic N) is 3. The Morgan fingerprint density at radius 3 is 2.88 bits per heavy atom. The summed E-state index contributed by atoms with van der Waals surface area (Å²) in [5.74, 6) is -0.0948. The molecule has 1 aliphatic heterocycles. The first-order valence-electron chi connectivity index (χ1n) is 8.33. The number of benzene rings is 1. The number of halogens is 1. The Morgan fingerprint density at radius 2 is 2.04 bits per heavy atom. The molecule has 0 fully saturated rings. The SMILES string of the molecule is Cl.O=C(CCn1nc2ccccn2c1=O)NCc1ccc2c(c1)CNC2. The van der Waals surface area contributed by atoms with Gasteiger partial charge in [-0.3, -0.25) is 9.20 Å². The lowest BCUT2D eigenvalue weighted by Gasteiger charge is -2.07. The first-order chi connectivity index (χ1) is 12.2. The van der Waals surface area contributed by atoms with Gasteiger partial charge < -0.3 is 10.6 Å². The van der Waals surface area contributed by atoms with Crippen molar-refractivity contribution in [1.82, 2.24) is 24.8 Å². The molecule has 26 heavy (non-hydrogen) atoms. The van der Waals surface area contributed by atoms with E-state index in [-0.39, 0.29) is 37.0 Å². The van der Waals surface area contributed by atoms with Crippen molar-refractivity contribution < 1.29 is 4.79 Å².